The van der Waals surface area contributed by atoms with Gasteiger partial charge in [0.2, 0.25) is 5.91 Å². The number of hydrogen-bond acceptors (Lipinski definition) is 3. The van der Waals surface area contributed by atoms with Crippen molar-refractivity contribution >= 4 is 17.4 Å². The van der Waals surface area contributed by atoms with Crippen LogP contribution in [0.3, 0.4) is 0 Å². The predicted molar refractivity (Wildman–Crippen MR) is 70.7 cm³/mol. The van der Waals surface area contributed by atoms with Crippen molar-refractivity contribution in [1.29, 1.82) is 0 Å². The SMILES string of the molecule is CC(=O)Nc1ccc(CC[C@H](O)[C@@H](F)C(C)=O)cc1. The number of alkyl halides is 1. The smallest absolute Gasteiger partial charge is 0.221 e. The average Bonchev–Trinajstić information content (AvgIpc) is 2.35. The van der Waals surface area contributed by atoms with Crippen molar-refractivity contribution in [2.45, 2.75) is 39.0 Å². The third kappa shape index (κ3) is 5.18. The van der Waals surface area contributed by atoms with Crippen molar-refractivity contribution in [2.24, 2.45) is 0 Å². The van der Waals surface area contributed by atoms with E-state index in [1.807, 2.05) is 0 Å². The summed E-state index contributed by atoms with van der Waals surface area (Å²) in [6, 6.07) is 7.06. The zero-order valence-electron chi connectivity index (χ0n) is 11.0. The van der Waals surface area contributed by atoms with Gasteiger partial charge in [-0.15, -0.1) is 0 Å². The molecular weight excluding hydrogens is 249 g/mol. The second-order valence-electron chi connectivity index (χ2n) is 4.50. The monoisotopic (exact) mass is 267 g/mol. The van der Waals surface area contributed by atoms with Gasteiger partial charge in [-0.2, -0.15) is 0 Å². The molecule has 2 atom stereocenters. The van der Waals surface area contributed by atoms with Crippen LogP contribution in [0.4, 0.5) is 10.1 Å². The zero-order valence-corrected chi connectivity index (χ0v) is 11.0. The van der Waals surface area contributed by atoms with E-state index in [9.17, 15) is 19.1 Å². The van der Waals surface area contributed by atoms with E-state index in [1.165, 1.54) is 6.92 Å². The van der Waals surface area contributed by atoms with Gasteiger partial charge in [0, 0.05) is 12.6 Å². The number of nitrogens with one attached hydrogen (secondary N) is 1. The first-order chi connectivity index (χ1) is 8.90. The number of halogens is 1. The number of aliphatic hydroxyl groups is 1. The molecular formula is C14H18FNO3. The number of benzene rings is 1. The van der Waals surface area contributed by atoms with Crippen LogP contribution in [-0.2, 0) is 16.0 Å². The standard InChI is InChI=1S/C14H18FNO3/c1-9(17)14(15)13(19)8-5-11-3-6-12(7-4-11)16-10(2)18/h3-4,6-7,13-14,19H,5,8H2,1-2H3,(H,16,18)/t13-,14-/m0/s1. The average molecular weight is 267 g/mol. The van der Waals surface area contributed by atoms with E-state index >= 15 is 0 Å². The Labute approximate surface area is 111 Å². The Kier molecular flexibility index (Phi) is 5.63. The highest BCUT2D eigenvalue weighted by Crippen LogP contribution is 2.14. The Morgan fingerprint density at radius 2 is 1.84 bits per heavy atom. The number of anilines is 1. The van der Waals surface area contributed by atoms with Gasteiger partial charge in [0.15, 0.2) is 12.0 Å². The van der Waals surface area contributed by atoms with Gasteiger partial charge < -0.3 is 10.4 Å². The first kappa shape index (κ1) is 15.3. The molecule has 0 aliphatic heterocycles. The number of Topliss-reactive ketones (excluding diaryl/α,β-unsaturated/α-hetero) is 1. The third-order valence-corrected chi connectivity index (χ3v) is 2.73. The molecule has 0 fully saturated rings. The van der Waals surface area contributed by atoms with Crippen molar-refractivity contribution in [1.82, 2.24) is 0 Å². The first-order valence-electron chi connectivity index (χ1n) is 6.09. The Hall–Kier alpha value is -1.75. The van der Waals surface area contributed by atoms with Crippen LogP contribution < -0.4 is 5.32 Å². The van der Waals surface area contributed by atoms with Crippen LogP contribution in [0, 0.1) is 0 Å². The lowest BCUT2D eigenvalue weighted by molar-refractivity contribution is -0.125. The molecule has 19 heavy (non-hydrogen) atoms. The van der Waals surface area contributed by atoms with E-state index in [0.29, 0.717) is 12.1 Å². The molecule has 104 valence electrons. The molecule has 0 aliphatic rings. The lowest BCUT2D eigenvalue weighted by atomic mass is 10.0. The topological polar surface area (TPSA) is 66.4 Å². The number of aliphatic hydroxyl groups excluding tert-OH is 1. The Balaban J connectivity index is 2.50. The summed E-state index contributed by atoms with van der Waals surface area (Å²) < 4.78 is 13.2. The zero-order chi connectivity index (χ0) is 14.4. The van der Waals surface area contributed by atoms with E-state index in [2.05, 4.69) is 5.32 Å². The van der Waals surface area contributed by atoms with Gasteiger partial charge in [0.05, 0.1) is 6.10 Å². The molecule has 0 heterocycles. The van der Waals surface area contributed by atoms with Crippen molar-refractivity contribution in [3.63, 3.8) is 0 Å². The third-order valence-electron chi connectivity index (χ3n) is 2.73. The molecule has 0 spiro atoms. The maximum Gasteiger partial charge on any atom is 0.221 e. The van der Waals surface area contributed by atoms with Crippen LogP contribution in [0.15, 0.2) is 24.3 Å². The molecule has 5 heteroatoms. The van der Waals surface area contributed by atoms with Gasteiger partial charge in [0.25, 0.3) is 0 Å². The summed E-state index contributed by atoms with van der Waals surface area (Å²) in [4.78, 5) is 21.6. The predicted octanol–water partition coefficient (Wildman–Crippen LogP) is 1.87. The van der Waals surface area contributed by atoms with Gasteiger partial charge in [-0.05, 0) is 37.5 Å². The van der Waals surface area contributed by atoms with E-state index < -0.39 is 18.1 Å². The van der Waals surface area contributed by atoms with Crippen LogP contribution >= 0.6 is 0 Å². The van der Waals surface area contributed by atoms with Crippen molar-refractivity contribution in [3.05, 3.63) is 29.8 Å². The number of ketones is 1. The quantitative estimate of drug-likeness (QED) is 0.826. The number of rotatable bonds is 6. The fourth-order valence-electron chi connectivity index (χ4n) is 1.69. The second kappa shape index (κ2) is 6.99. The first-order valence-corrected chi connectivity index (χ1v) is 6.09. The second-order valence-corrected chi connectivity index (χ2v) is 4.50. The molecule has 1 rings (SSSR count). The van der Waals surface area contributed by atoms with Crippen LogP contribution in [0.25, 0.3) is 0 Å². The summed E-state index contributed by atoms with van der Waals surface area (Å²) in [6.45, 7) is 2.55. The molecule has 0 aliphatic carbocycles. The van der Waals surface area contributed by atoms with Crippen LogP contribution in [0.5, 0.6) is 0 Å². The largest absolute Gasteiger partial charge is 0.390 e. The van der Waals surface area contributed by atoms with Crippen molar-refractivity contribution < 1.29 is 19.1 Å². The summed E-state index contributed by atoms with van der Waals surface area (Å²) in [5.41, 5.74) is 1.59. The van der Waals surface area contributed by atoms with Crippen molar-refractivity contribution in [3.8, 4) is 0 Å². The summed E-state index contributed by atoms with van der Waals surface area (Å²) in [6.07, 6.45) is -2.44. The molecule has 2 N–H and O–H groups in total. The summed E-state index contributed by atoms with van der Waals surface area (Å²) in [5, 5.41) is 12.1. The fourth-order valence-corrected chi connectivity index (χ4v) is 1.69. The number of aryl methyl sites for hydroxylation is 1. The molecule has 1 aromatic rings. The molecule has 0 saturated heterocycles. The van der Waals surface area contributed by atoms with Gasteiger partial charge in [-0.25, -0.2) is 4.39 Å². The molecule has 0 saturated carbocycles. The molecule has 0 radical (unpaired) electrons. The van der Waals surface area contributed by atoms with Crippen LogP contribution in [-0.4, -0.2) is 29.1 Å². The molecule has 0 bridgehead atoms. The molecule has 4 nitrogen and oxygen atoms in total. The Bertz CT molecular complexity index is 445. The Morgan fingerprint density at radius 3 is 2.32 bits per heavy atom. The highest BCUT2D eigenvalue weighted by molar-refractivity contribution is 5.88. The van der Waals surface area contributed by atoms with Crippen LogP contribution in [0.1, 0.15) is 25.8 Å². The molecule has 1 amide bonds. The minimum Gasteiger partial charge on any atom is -0.390 e. The molecule has 0 unspecified atom stereocenters. The van der Waals surface area contributed by atoms with Gasteiger partial charge in [-0.1, -0.05) is 12.1 Å². The summed E-state index contributed by atoms with van der Waals surface area (Å²) in [5.74, 6) is -0.807. The number of carbonyl (C=O) groups is 2. The van der Waals surface area contributed by atoms with Gasteiger partial charge in [-0.3, -0.25) is 9.59 Å². The normalized spacial score (nSPS) is 13.7. The van der Waals surface area contributed by atoms with E-state index in [1.54, 1.807) is 24.3 Å². The van der Waals surface area contributed by atoms with Crippen molar-refractivity contribution in [2.75, 3.05) is 5.32 Å². The lowest BCUT2D eigenvalue weighted by Crippen LogP contribution is -2.28. The van der Waals surface area contributed by atoms with E-state index in [4.69, 9.17) is 0 Å². The fraction of sp³-hybridized carbons (Fsp3) is 0.429. The molecule has 1 aromatic carbocycles. The number of carbonyl (C=O) groups excluding carboxylic acids is 2. The van der Waals surface area contributed by atoms with Gasteiger partial charge in [0.1, 0.15) is 0 Å². The summed E-state index contributed by atoms with van der Waals surface area (Å²) >= 11 is 0. The lowest BCUT2D eigenvalue weighted by Gasteiger charge is -2.13. The van der Waals surface area contributed by atoms with Crippen LogP contribution in [0.2, 0.25) is 0 Å². The Morgan fingerprint density at radius 1 is 1.26 bits per heavy atom. The molecule has 0 aromatic heterocycles. The highest BCUT2D eigenvalue weighted by Gasteiger charge is 2.22. The number of amides is 1. The minimum absolute atomic E-state index is 0.148. The van der Waals surface area contributed by atoms with Gasteiger partial charge >= 0.3 is 0 Å². The van der Waals surface area contributed by atoms with E-state index in [-0.39, 0.29) is 12.3 Å². The number of hydrogen-bond donors (Lipinski definition) is 2. The van der Waals surface area contributed by atoms with E-state index in [0.717, 1.165) is 12.5 Å². The maximum absolute atomic E-state index is 13.2. The highest BCUT2D eigenvalue weighted by atomic mass is 19.1. The summed E-state index contributed by atoms with van der Waals surface area (Å²) in [7, 11) is 0. The minimum atomic E-state index is -1.82. The maximum atomic E-state index is 13.2.